The maximum Gasteiger partial charge on any atom is 0.326 e. The van der Waals surface area contributed by atoms with Gasteiger partial charge in [-0.3, -0.25) is 9.59 Å². The summed E-state index contributed by atoms with van der Waals surface area (Å²) in [5.41, 5.74) is 6.25. The third-order valence-electron chi connectivity index (χ3n) is 3.08. The van der Waals surface area contributed by atoms with Gasteiger partial charge in [0, 0.05) is 6.42 Å². The number of rotatable bonds is 8. The number of carbonyl (C=O) groups is 3. The summed E-state index contributed by atoms with van der Waals surface area (Å²) in [6, 6.07) is -2.07. The second-order valence-corrected chi connectivity index (χ2v) is 4.74. The molecule has 1 amide bonds. The van der Waals surface area contributed by atoms with Crippen LogP contribution < -0.4 is 11.1 Å². The van der Waals surface area contributed by atoms with Crippen LogP contribution in [0, 0.1) is 5.92 Å². The SMILES string of the molecule is C=C1CC1CC(NC(=O)CCC(N)C(=O)O)C(=O)O. The summed E-state index contributed by atoms with van der Waals surface area (Å²) < 4.78 is 0. The number of hydrogen-bond donors (Lipinski definition) is 4. The van der Waals surface area contributed by atoms with Gasteiger partial charge in [-0.15, -0.1) is 0 Å². The molecule has 0 aliphatic heterocycles. The van der Waals surface area contributed by atoms with Crippen LogP contribution in [0.15, 0.2) is 12.2 Å². The van der Waals surface area contributed by atoms with Gasteiger partial charge in [0.25, 0.3) is 0 Å². The molecule has 3 unspecified atom stereocenters. The van der Waals surface area contributed by atoms with Gasteiger partial charge in [-0.05, 0) is 25.2 Å². The number of carboxylic acid groups (broad SMARTS) is 2. The lowest BCUT2D eigenvalue weighted by molar-refractivity contribution is -0.142. The van der Waals surface area contributed by atoms with Crippen LogP contribution in [0.1, 0.15) is 25.7 Å². The van der Waals surface area contributed by atoms with Crippen molar-refractivity contribution in [3.63, 3.8) is 0 Å². The average Bonchev–Trinajstić information content (AvgIpc) is 3.00. The minimum absolute atomic E-state index is 0.0242. The van der Waals surface area contributed by atoms with Crippen molar-refractivity contribution in [3.8, 4) is 0 Å². The van der Waals surface area contributed by atoms with Gasteiger partial charge in [-0.2, -0.15) is 0 Å². The van der Waals surface area contributed by atoms with E-state index in [0.717, 1.165) is 12.0 Å². The number of aliphatic carboxylic acids is 2. The maximum absolute atomic E-state index is 11.5. The lowest BCUT2D eigenvalue weighted by atomic mass is 10.1. The highest BCUT2D eigenvalue weighted by atomic mass is 16.4. The number of allylic oxidation sites excluding steroid dienone is 1. The zero-order valence-electron chi connectivity index (χ0n) is 10.5. The lowest BCUT2D eigenvalue weighted by Crippen LogP contribution is -2.42. The Morgan fingerprint density at radius 1 is 1.37 bits per heavy atom. The highest BCUT2D eigenvalue weighted by Gasteiger charge is 2.33. The highest BCUT2D eigenvalue weighted by molar-refractivity contribution is 5.84. The van der Waals surface area contributed by atoms with Gasteiger partial charge in [-0.25, -0.2) is 4.79 Å². The second kappa shape index (κ2) is 6.33. The Kier molecular flexibility index (Phi) is 5.05. The lowest BCUT2D eigenvalue weighted by Gasteiger charge is -2.14. The highest BCUT2D eigenvalue weighted by Crippen LogP contribution is 2.39. The van der Waals surface area contributed by atoms with Gasteiger partial charge >= 0.3 is 11.9 Å². The number of carbonyl (C=O) groups excluding carboxylic acids is 1. The van der Waals surface area contributed by atoms with Crippen LogP contribution in [0.25, 0.3) is 0 Å². The summed E-state index contributed by atoms with van der Waals surface area (Å²) in [6.07, 6.45) is 0.987. The predicted molar refractivity (Wildman–Crippen MR) is 66.3 cm³/mol. The van der Waals surface area contributed by atoms with E-state index >= 15 is 0 Å². The molecular weight excluding hydrogens is 252 g/mol. The third-order valence-corrected chi connectivity index (χ3v) is 3.08. The Bertz CT molecular complexity index is 407. The summed E-state index contributed by atoms with van der Waals surface area (Å²) in [5, 5.41) is 19.9. The van der Waals surface area contributed by atoms with E-state index in [-0.39, 0.29) is 18.8 Å². The molecule has 3 atom stereocenters. The Balaban J connectivity index is 2.36. The van der Waals surface area contributed by atoms with E-state index in [2.05, 4.69) is 11.9 Å². The molecule has 106 valence electrons. The third kappa shape index (κ3) is 5.09. The fraction of sp³-hybridized carbons (Fsp3) is 0.583. The molecule has 1 aliphatic rings. The molecule has 1 rings (SSSR count). The molecule has 1 saturated carbocycles. The summed E-state index contributed by atoms with van der Waals surface area (Å²) in [6.45, 7) is 3.73. The van der Waals surface area contributed by atoms with Crippen molar-refractivity contribution in [2.45, 2.75) is 37.8 Å². The molecule has 19 heavy (non-hydrogen) atoms. The van der Waals surface area contributed by atoms with Crippen molar-refractivity contribution in [2.24, 2.45) is 11.7 Å². The minimum atomic E-state index is -1.18. The molecule has 0 heterocycles. The Labute approximate surface area is 110 Å². The standard InChI is InChI=1S/C12H18N2O5/c1-6-4-7(6)5-9(12(18)19)14-10(15)3-2-8(13)11(16)17/h7-9H,1-5,13H2,(H,14,15)(H,16,17)(H,18,19). The van der Waals surface area contributed by atoms with Crippen LogP contribution in [0.5, 0.6) is 0 Å². The van der Waals surface area contributed by atoms with E-state index in [1.807, 2.05) is 0 Å². The fourth-order valence-corrected chi connectivity index (χ4v) is 1.69. The molecule has 0 aromatic carbocycles. The first kappa shape index (κ1) is 15.2. The summed E-state index contributed by atoms with van der Waals surface area (Å²) in [7, 11) is 0. The molecule has 0 saturated heterocycles. The van der Waals surface area contributed by atoms with E-state index in [0.29, 0.717) is 6.42 Å². The van der Waals surface area contributed by atoms with Gasteiger partial charge in [0.1, 0.15) is 12.1 Å². The Morgan fingerprint density at radius 3 is 2.37 bits per heavy atom. The molecule has 0 bridgehead atoms. The van der Waals surface area contributed by atoms with Crippen molar-refractivity contribution < 1.29 is 24.6 Å². The van der Waals surface area contributed by atoms with Gasteiger partial charge in [0.05, 0.1) is 0 Å². The molecule has 0 aromatic rings. The number of nitrogens with two attached hydrogens (primary N) is 1. The van der Waals surface area contributed by atoms with E-state index in [4.69, 9.17) is 15.9 Å². The van der Waals surface area contributed by atoms with Gasteiger partial charge in [0.2, 0.25) is 5.91 Å². The number of carboxylic acids is 2. The Hall–Kier alpha value is -1.89. The average molecular weight is 270 g/mol. The largest absolute Gasteiger partial charge is 0.480 e. The van der Waals surface area contributed by atoms with Crippen LogP contribution in [-0.2, 0) is 14.4 Å². The molecule has 0 radical (unpaired) electrons. The van der Waals surface area contributed by atoms with Crippen molar-refractivity contribution in [2.75, 3.05) is 0 Å². The minimum Gasteiger partial charge on any atom is -0.480 e. The van der Waals surface area contributed by atoms with E-state index in [1.54, 1.807) is 0 Å². The summed E-state index contributed by atoms with van der Waals surface area (Å²) in [4.78, 5) is 33.0. The van der Waals surface area contributed by atoms with Gasteiger partial charge in [-0.1, -0.05) is 12.2 Å². The number of hydrogen-bond acceptors (Lipinski definition) is 4. The van der Waals surface area contributed by atoms with Crippen molar-refractivity contribution in [3.05, 3.63) is 12.2 Å². The van der Waals surface area contributed by atoms with Crippen LogP contribution in [-0.4, -0.2) is 40.1 Å². The summed E-state index contributed by atoms with van der Waals surface area (Å²) >= 11 is 0. The van der Waals surface area contributed by atoms with E-state index < -0.39 is 29.9 Å². The predicted octanol–water partition coefficient (Wildman–Crippen LogP) is -0.286. The first-order chi connectivity index (χ1) is 8.81. The molecule has 5 N–H and O–H groups in total. The normalized spacial score (nSPS) is 20.5. The molecule has 7 nitrogen and oxygen atoms in total. The van der Waals surface area contributed by atoms with Crippen molar-refractivity contribution in [1.29, 1.82) is 0 Å². The first-order valence-corrected chi connectivity index (χ1v) is 5.99. The smallest absolute Gasteiger partial charge is 0.326 e. The molecular formula is C12H18N2O5. The number of nitrogens with one attached hydrogen (secondary N) is 1. The molecule has 0 aromatic heterocycles. The van der Waals surface area contributed by atoms with E-state index in [1.165, 1.54) is 0 Å². The zero-order chi connectivity index (χ0) is 14.6. The van der Waals surface area contributed by atoms with Crippen molar-refractivity contribution >= 4 is 17.8 Å². The quantitative estimate of drug-likeness (QED) is 0.449. The molecule has 1 aliphatic carbocycles. The van der Waals surface area contributed by atoms with Crippen molar-refractivity contribution in [1.82, 2.24) is 5.32 Å². The van der Waals surface area contributed by atoms with Crippen LogP contribution >= 0.6 is 0 Å². The number of amides is 1. The first-order valence-electron chi connectivity index (χ1n) is 5.99. The topological polar surface area (TPSA) is 130 Å². The van der Waals surface area contributed by atoms with Gasteiger partial charge < -0.3 is 21.3 Å². The van der Waals surface area contributed by atoms with Gasteiger partial charge in [0.15, 0.2) is 0 Å². The zero-order valence-corrected chi connectivity index (χ0v) is 10.5. The molecule has 0 spiro atoms. The maximum atomic E-state index is 11.5. The molecule has 7 heteroatoms. The molecule has 1 fully saturated rings. The summed E-state index contributed by atoms with van der Waals surface area (Å²) in [5.74, 6) is -2.63. The van der Waals surface area contributed by atoms with Crippen LogP contribution in [0.3, 0.4) is 0 Å². The van der Waals surface area contributed by atoms with Crippen LogP contribution in [0.2, 0.25) is 0 Å². The fourth-order valence-electron chi connectivity index (χ4n) is 1.69. The van der Waals surface area contributed by atoms with E-state index in [9.17, 15) is 14.4 Å². The second-order valence-electron chi connectivity index (χ2n) is 4.74. The Morgan fingerprint density at radius 2 is 1.95 bits per heavy atom. The monoisotopic (exact) mass is 270 g/mol. The van der Waals surface area contributed by atoms with Crippen LogP contribution in [0.4, 0.5) is 0 Å².